The number of furan rings is 1. The molecule has 0 aromatic carbocycles. The Bertz CT molecular complexity index is 1070. The Morgan fingerprint density at radius 3 is 2.05 bits per heavy atom. The highest BCUT2D eigenvalue weighted by Gasteiger charge is 2.48. The van der Waals surface area contributed by atoms with Crippen molar-refractivity contribution in [3.05, 3.63) is 53.7 Å². The van der Waals surface area contributed by atoms with Crippen LogP contribution in [0.5, 0.6) is 0 Å². The molecule has 9 nitrogen and oxygen atoms in total. The molecule has 2 aromatic heterocycles. The minimum atomic E-state index is -5.08. The fraction of sp³-hybridized carbons (Fsp3) is 0.478. The highest BCUT2D eigenvalue weighted by atomic mass is 19.4. The van der Waals surface area contributed by atoms with E-state index in [-0.39, 0.29) is 17.4 Å². The van der Waals surface area contributed by atoms with E-state index in [0.29, 0.717) is 6.42 Å². The molecule has 2 saturated heterocycles. The molecule has 38 heavy (non-hydrogen) atoms. The SMILES string of the molecule is Cc1ccc(CN2CCC3(CC2)NC(=O)CC3c2cccnc2)o1.O=C(O)C(F)(F)F.O=C(O)C(F)(F)F. The molecule has 0 bridgehead atoms. The number of likely N-dealkylation sites (tertiary alicyclic amines) is 1. The predicted molar refractivity (Wildman–Crippen MR) is 118 cm³/mol. The van der Waals surface area contributed by atoms with E-state index in [9.17, 15) is 31.1 Å². The normalized spacial score (nSPS) is 19.0. The fourth-order valence-electron chi connectivity index (χ4n) is 4.19. The summed E-state index contributed by atoms with van der Waals surface area (Å²) in [6.45, 7) is 4.75. The molecule has 3 N–H and O–H groups in total. The zero-order valence-electron chi connectivity index (χ0n) is 20.0. The second-order valence-electron chi connectivity index (χ2n) is 8.64. The third-order valence-electron chi connectivity index (χ3n) is 5.94. The maximum Gasteiger partial charge on any atom is 0.490 e. The summed E-state index contributed by atoms with van der Waals surface area (Å²) < 4.78 is 69.2. The van der Waals surface area contributed by atoms with Gasteiger partial charge in [0, 0.05) is 43.4 Å². The smallest absolute Gasteiger partial charge is 0.475 e. The maximum absolute atomic E-state index is 12.1. The first-order chi connectivity index (χ1) is 17.5. The van der Waals surface area contributed by atoms with Crippen LogP contribution < -0.4 is 5.32 Å². The van der Waals surface area contributed by atoms with Crippen LogP contribution in [0.1, 0.15) is 42.3 Å². The van der Waals surface area contributed by atoms with Crippen molar-refractivity contribution in [1.82, 2.24) is 15.2 Å². The van der Waals surface area contributed by atoms with Crippen molar-refractivity contribution < 1.29 is 55.4 Å². The number of nitrogens with zero attached hydrogens (tertiary/aromatic N) is 2. The van der Waals surface area contributed by atoms with E-state index in [2.05, 4.69) is 27.3 Å². The molecule has 2 aliphatic rings. The zero-order valence-corrected chi connectivity index (χ0v) is 20.0. The highest BCUT2D eigenvalue weighted by Crippen LogP contribution is 2.43. The van der Waals surface area contributed by atoms with Gasteiger partial charge in [0.2, 0.25) is 5.91 Å². The number of aromatic nitrogens is 1. The van der Waals surface area contributed by atoms with Gasteiger partial charge in [-0.1, -0.05) is 6.07 Å². The van der Waals surface area contributed by atoms with Gasteiger partial charge >= 0.3 is 24.3 Å². The molecular weight excluding hydrogens is 528 g/mol. The number of carboxylic acid groups (broad SMARTS) is 2. The lowest BCUT2D eigenvalue weighted by atomic mass is 9.75. The van der Waals surface area contributed by atoms with Crippen LogP contribution in [-0.2, 0) is 20.9 Å². The zero-order chi connectivity index (χ0) is 28.7. The quantitative estimate of drug-likeness (QED) is 0.488. The van der Waals surface area contributed by atoms with Crippen molar-refractivity contribution in [3.63, 3.8) is 0 Å². The van der Waals surface area contributed by atoms with E-state index in [4.69, 9.17) is 24.2 Å². The molecule has 4 heterocycles. The lowest BCUT2D eigenvalue weighted by Gasteiger charge is -2.42. The minimum absolute atomic E-state index is 0.115. The molecule has 2 fully saturated rings. The Morgan fingerprint density at radius 1 is 1.08 bits per heavy atom. The van der Waals surface area contributed by atoms with Crippen molar-refractivity contribution in [2.75, 3.05) is 13.1 Å². The molecule has 2 aliphatic heterocycles. The molecule has 1 atom stereocenters. The van der Waals surface area contributed by atoms with Crippen LogP contribution in [0.3, 0.4) is 0 Å². The summed E-state index contributed by atoms with van der Waals surface area (Å²) in [5, 5.41) is 17.5. The van der Waals surface area contributed by atoms with Crippen molar-refractivity contribution in [2.24, 2.45) is 0 Å². The van der Waals surface area contributed by atoms with Crippen LogP contribution in [0.15, 0.2) is 41.1 Å². The number of carboxylic acids is 2. The average molecular weight is 553 g/mol. The van der Waals surface area contributed by atoms with Gasteiger partial charge in [0.25, 0.3) is 0 Å². The Labute approximate surface area is 212 Å². The number of hydrogen-bond donors (Lipinski definition) is 3. The number of aliphatic carboxylic acids is 2. The number of amides is 1. The maximum atomic E-state index is 12.1. The van der Waals surface area contributed by atoms with Gasteiger partial charge in [-0.3, -0.25) is 14.7 Å². The topological polar surface area (TPSA) is 133 Å². The second kappa shape index (κ2) is 12.3. The van der Waals surface area contributed by atoms with Gasteiger partial charge in [0.05, 0.1) is 6.54 Å². The van der Waals surface area contributed by atoms with E-state index >= 15 is 0 Å². The molecule has 2 aromatic rings. The molecule has 0 saturated carbocycles. The standard InChI is InChI=1S/C19H23N3O2.2C2HF3O2/c1-14-4-5-16(24-14)13-22-9-6-19(7-10-22)17(11-18(23)21-19)15-3-2-8-20-12-15;2*3-2(4,5)1(6)7/h2-5,8,12,17H,6-7,9-11,13H2,1H3,(H,21,23);2*(H,6,7). The molecule has 1 amide bonds. The molecule has 1 unspecified atom stereocenters. The first-order valence-corrected chi connectivity index (χ1v) is 11.1. The fourth-order valence-corrected chi connectivity index (χ4v) is 4.19. The third kappa shape index (κ3) is 8.75. The Kier molecular flexibility index (Phi) is 9.89. The summed E-state index contributed by atoms with van der Waals surface area (Å²) in [6, 6.07) is 8.11. The van der Waals surface area contributed by atoms with Crippen molar-refractivity contribution in [2.45, 2.75) is 56.5 Å². The van der Waals surface area contributed by atoms with E-state index in [1.165, 1.54) is 5.56 Å². The number of halogens is 6. The van der Waals surface area contributed by atoms with Crippen LogP contribution in [0.25, 0.3) is 0 Å². The first kappa shape index (κ1) is 30.6. The molecule has 0 radical (unpaired) electrons. The van der Waals surface area contributed by atoms with Gasteiger partial charge in [-0.15, -0.1) is 0 Å². The molecule has 210 valence electrons. The Morgan fingerprint density at radius 2 is 1.63 bits per heavy atom. The monoisotopic (exact) mass is 553 g/mol. The number of nitrogens with one attached hydrogen (secondary N) is 1. The van der Waals surface area contributed by atoms with E-state index < -0.39 is 24.3 Å². The van der Waals surface area contributed by atoms with E-state index in [1.807, 2.05) is 25.3 Å². The molecular formula is C23H25F6N3O6. The number of carbonyl (C=O) groups is 3. The molecule has 15 heteroatoms. The third-order valence-corrected chi connectivity index (χ3v) is 5.94. The average Bonchev–Trinajstić information content (AvgIpc) is 3.37. The number of piperidine rings is 1. The Hall–Kier alpha value is -3.62. The lowest BCUT2D eigenvalue weighted by Crippen LogP contribution is -2.53. The van der Waals surface area contributed by atoms with Crippen LogP contribution in [0, 0.1) is 6.92 Å². The van der Waals surface area contributed by atoms with Gasteiger partial charge < -0.3 is 19.9 Å². The van der Waals surface area contributed by atoms with Crippen LogP contribution in [0.4, 0.5) is 26.3 Å². The van der Waals surface area contributed by atoms with Crippen LogP contribution in [0.2, 0.25) is 0 Å². The lowest BCUT2D eigenvalue weighted by molar-refractivity contribution is -0.193. The van der Waals surface area contributed by atoms with Gasteiger partial charge in [0.15, 0.2) is 0 Å². The first-order valence-electron chi connectivity index (χ1n) is 11.1. The van der Waals surface area contributed by atoms with E-state index in [1.54, 1.807) is 6.20 Å². The van der Waals surface area contributed by atoms with Gasteiger partial charge in [-0.2, -0.15) is 26.3 Å². The van der Waals surface area contributed by atoms with Crippen LogP contribution >= 0.6 is 0 Å². The van der Waals surface area contributed by atoms with Gasteiger partial charge in [-0.05, 0) is 43.5 Å². The summed E-state index contributed by atoms with van der Waals surface area (Å²) in [7, 11) is 0. The number of alkyl halides is 6. The van der Waals surface area contributed by atoms with Crippen molar-refractivity contribution >= 4 is 17.8 Å². The second-order valence-corrected chi connectivity index (χ2v) is 8.64. The minimum Gasteiger partial charge on any atom is -0.475 e. The molecule has 1 spiro atoms. The number of carbonyl (C=O) groups excluding carboxylic acids is 1. The van der Waals surface area contributed by atoms with Crippen molar-refractivity contribution in [3.8, 4) is 0 Å². The van der Waals surface area contributed by atoms with Gasteiger partial charge in [-0.25, -0.2) is 9.59 Å². The summed E-state index contributed by atoms with van der Waals surface area (Å²) >= 11 is 0. The number of pyridine rings is 1. The molecule has 0 aliphatic carbocycles. The molecule has 4 rings (SSSR count). The van der Waals surface area contributed by atoms with E-state index in [0.717, 1.165) is 44.0 Å². The summed E-state index contributed by atoms with van der Waals surface area (Å²) in [5.74, 6) is -3.15. The van der Waals surface area contributed by atoms with Gasteiger partial charge in [0.1, 0.15) is 11.5 Å². The summed E-state index contributed by atoms with van der Waals surface area (Å²) in [6.07, 6.45) is -3.96. The number of aryl methyl sites for hydroxylation is 1. The van der Waals surface area contributed by atoms with Crippen LogP contribution in [-0.4, -0.2) is 68.9 Å². The van der Waals surface area contributed by atoms with Crippen molar-refractivity contribution in [1.29, 1.82) is 0 Å². The summed E-state index contributed by atoms with van der Waals surface area (Å²) in [4.78, 5) is 36.6. The predicted octanol–water partition coefficient (Wildman–Crippen LogP) is 3.89. The number of hydrogen-bond acceptors (Lipinski definition) is 6. The largest absolute Gasteiger partial charge is 0.490 e. The highest BCUT2D eigenvalue weighted by molar-refractivity contribution is 5.81. The number of rotatable bonds is 3. The summed E-state index contributed by atoms with van der Waals surface area (Å²) in [5.41, 5.74) is 1.06. The Balaban J connectivity index is 0.000000301.